The smallest absolute Gasteiger partial charge is 0.381 e. The molecule has 1 saturated heterocycles. The van der Waals surface area contributed by atoms with Crippen LogP contribution < -0.4 is 5.32 Å². The quantitative estimate of drug-likeness (QED) is 0.872. The van der Waals surface area contributed by atoms with Gasteiger partial charge in [-0.1, -0.05) is 6.07 Å². The van der Waals surface area contributed by atoms with E-state index < -0.39 is 35.1 Å². The Bertz CT molecular complexity index is 604. The van der Waals surface area contributed by atoms with Crippen molar-refractivity contribution >= 4 is 5.91 Å². The second kappa shape index (κ2) is 6.32. The van der Waals surface area contributed by atoms with Crippen molar-refractivity contribution in [3.05, 3.63) is 35.1 Å². The van der Waals surface area contributed by atoms with Gasteiger partial charge in [-0.3, -0.25) is 4.79 Å². The van der Waals surface area contributed by atoms with Crippen molar-refractivity contribution in [1.82, 2.24) is 5.32 Å². The van der Waals surface area contributed by atoms with Crippen LogP contribution in [-0.2, 0) is 10.9 Å². The fourth-order valence-corrected chi connectivity index (χ4v) is 2.22. The Morgan fingerprint density at radius 1 is 1.45 bits per heavy atom. The molecular formula is C14H12F4N2O2. The lowest BCUT2D eigenvalue weighted by atomic mass is 9.99. The Morgan fingerprint density at radius 3 is 2.73 bits per heavy atom. The fourth-order valence-electron chi connectivity index (χ4n) is 2.22. The lowest BCUT2D eigenvalue weighted by Crippen LogP contribution is -2.40. The minimum absolute atomic E-state index is 0.261. The Kier molecular flexibility index (Phi) is 4.66. The first-order valence-electron chi connectivity index (χ1n) is 6.48. The fraction of sp³-hybridized carbons (Fsp3) is 0.429. The molecule has 8 heteroatoms. The van der Waals surface area contributed by atoms with E-state index >= 15 is 0 Å². The van der Waals surface area contributed by atoms with Crippen molar-refractivity contribution in [2.75, 3.05) is 13.2 Å². The standard InChI is InChI=1S/C14H12F4N2O2/c15-12-9(2-1-3-10(12)14(16,17)18)13(21)20-11(6-19)8-4-5-22-7-8/h1-3,8,11H,4-5,7H2,(H,20,21)/t8-,11-/m0/s1. The maximum absolute atomic E-state index is 13.9. The Morgan fingerprint density at radius 2 is 2.18 bits per heavy atom. The van der Waals surface area contributed by atoms with Crippen LogP contribution >= 0.6 is 0 Å². The third kappa shape index (κ3) is 3.36. The highest BCUT2D eigenvalue weighted by Crippen LogP contribution is 2.32. The largest absolute Gasteiger partial charge is 0.419 e. The molecule has 0 aromatic heterocycles. The lowest BCUT2D eigenvalue weighted by Gasteiger charge is -2.17. The predicted molar refractivity (Wildman–Crippen MR) is 67.2 cm³/mol. The Balaban J connectivity index is 2.21. The van der Waals surface area contributed by atoms with Crippen LogP contribution in [0.1, 0.15) is 22.3 Å². The monoisotopic (exact) mass is 316 g/mol. The first-order chi connectivity index (χ1) is 10.3. The number of nitrogens with one attached hydrogen (secondary N) is 1. The summed E-state index contributed by atoms with van der Waals surface area (Å²) < 4.78 is 56.8. The molecule has 1 aliphatic heterocycles. The number of rotatable bonds is 3. The molecule has 1 heterocycles. The van der Waals surface area contributed by atoms with Crippen molar-refractivity contribution in [2.24, 2.45) is 5.92 Å². The molecule has 1 N–H and O–H groups in total. The first-order valence-corrected chi connectivity index (χ1v) is 6.48. The number of amides is 1. The van der Waals surface area contributed by atoms with Crippen LogP contribution in [0.2, 0.25) is 0 Å². The Hall–Kier alpha value is -2.14. The summed E-state index contributed by atoms with van der Waals surface area (Å²) in [6, 6.07) is 3.36. The summed E-state index contributed by atoms with van der Waals surface area (Å²) in [7, 11) is 0. The maximum atomic E-state index is 13.9. The van der Waals surface area contributed by atoms with Crippen molar-refractivity contribution in [2.45, 2.75) is 18.6 Å². The van der Waals surface area contributed by atoms with E-state index in [1.165, 1.54) is 0 Å². The van der Waals surface area contributed by atoms with Gasteiger partial charge in [0, 0.05) is 12.5 Å². The number of carbonyl (C=O) groups excluding carboxylic acids is 1. The number of alkyl halides is 3. The molecule has 1 amide bonds. The van der Waals surface area contributed by atoms with Crippen molar-refractivity contribution in [3.8, 4) is 6.07 Å². The van der Waals surface area contributed by atoms with E-state index in [0.29, 0.717) is 19.1 Å². The molecule has 4 nitrogen and oxygen atoms in total. The van der Waals surface area contributed by atoms with Gasteiger partial charge in [0.1, 0.15) is 11.9 Å². The summed E-state index contributed by atoms with van der Waals surface area (Å²) in [5.41, 5.74) is -2.26. The van der Waals surface area contributed by atoms with Gasteiger partial charge in [-0.15, -0.1) is 0 Å². The van der Waals surface area contributed by atoms with E-state index in [0.717, 1.165) is 12.1 Å². The third-order valence-corrected chi connectivity index (χ3v) is 3.41. The van der Waals surface area contributed by atoms with Crippen molar-refractivity contribution < 1.29 is 27.1 Å². The predicted octanol–water partition coefficient (Wildman–Crippen LogP) is 2.50. The van der Waals surface area contributed by atoms with Gasteiger partial charge in [-0.2, -0.15) is 18.4 Å². The molecule has 118 valence electrons. The summed E-state index contributed by atoms with van der Waals surface area (Å²) in [6.45, 7) is 0.709. The van der Waals surface area contributed by atoms with Gasteiger partial charge in [0.05, 0.1) is 23.8 Å². The van der Waals surface area contributed by atoms with E-state index in [1.54, 1.807) is 0 Å². The highest BCUT2D eigenvalue weighted by Gasteiger charge is 2.36. The number of nitriles is 1. The molecule has 0 radical (unpaired) electrons. The maximum Gasteiger partial charge on any atom is 0.419 e. The molecular weight excluding hydrogens is 304 g/mol. The van der Waals surface area contributed by atoms with Crippen LogP contribution in [0, 0.1) is 23.1 Å². The van der Waals surface area contributed by atoms with Gasteiger partial charge in [0.2, 0.25) is 0 Å². The van der Waals surface area contributed by atoms with E-state index in [1.807, 2.05) is 6.07 Å². The van der Waals surface area contributed by atoms with Gasteiger partial charge >= 0.3 is 6.18 Å². The summed E-state index contributed by atoms with van der Waals surface area (Å²) in [6.07, 6.45) is -4.35. The van der Waals surface area contributed by atoms with Crippen LogP contribution in [0.4, 0.5) is 17.6 Å². The summed E-state index contributed by atoms with van der Waals surface area (Å²) >= 11 is 0. The highest BCUT2D eigenvalue weighted by atomic mass is 19.4. The number of nitrogens with zero attached hydrogens (tertiary/aromatic N) is 1. The zero-order valence-corrected chi connectivity index (χ0v) is 11.3. The SMILES string of the molecule is N#C[C@H](NC(=O)c1cccc(C(F)(F)F)c1F)[C@H]1CCOC1. The van der Waals surface area contributed by atoms with Crippen molar-refractivity contribution in [3.63, 3.8) is 0 Å². The number of halogens is 4. The molecule has 1 fully saturated rings. The lowest BCUT2D eigenvalue weighted by molar-refractivity contribution is -0.140. The zero-order valence-electron chi connectivity index (χ0n) is 11.3. The van der Waals surface area contributed by atoms with E-state index in [4.69, 9.17) is 10.00 Å². The second-order valence-electron chi connectivity index (χ2n) is 4.87. The van der Waals surface area contributed by atoms with Gasteiger partial charge in [-0.25, -0.2) is 4.39 Å². The van der Waals surface area contributed by atoms with Gasteiger partial charge in [0.15, 0.2) is 0 Å². The molecule has 0 saturated carbocycles. The molecule has 1 aliphatic rings. The number of carbonyl (C=O) groups is 1. The molecule has 0 aliphatic carbocycles. The van der Waals surface area contributed by atoms with E-state index in [9.17, 15) is 22.4 Å². The molecule has 2 atom stereocenters. The van der Waals surface area contributed by atoms with Gasteiger partial charge < -0.3 is 10.1 Å². The molecule has 1 aromatic rings. The van der Waals surface area contributed by atoms with Crippen molar-refractivity contribution in [1.29, 1.82) is 5.26 Å². The summed E-state index contributed by atoms with van der Waals surface area (Å²) in [4.78, 5) is 12.0. The molecule has 0 unspecified atom stereocenters. The van der Waals surface area contributed by atoms with Gasteiger partial charge in [-0.05, 0) is 18.6 Å². The molecule has 2 rings (SSSR count). The van der Waals surface area contributed by atoms with Crippen LogP contribution in [0.5, 0.6) is 0 Å². The number of ether oxygens (including phenoxy) is 1. The van der Waals surface area contributed by atoms with E-state index in [-0.39, 0.29) is 12.5 Å². The van der Waals surface area contributed by atoms with Crippen LogP contribution in [-0.4, -0.2) is 25.2 Å². The Labute approximate surface area is 123 Å². The molecule has 0 bridgehead atoms. The van der Waals surface area contributed by atoms with Crippen LogP contribution in [0.15, 0.2) is 18.2 Å². The van der Waals surface area contributed by atoms with Gasteiger partial charge in [0.25, 0.3) is 5.91 Å². The minimum Gasteiger partial charge on any atom is -0.381 e. The number of benzene rings is 1. The highest BCUT2D eigenvalue weighted by molar-refractivity contribution is 5.95. The average molecular weight is 316 g/mol. The topological polar surface area (TPSA) is 62.1 Å². The number of hydrogen-bond donors (Lipinski definition) is 1. The molecule has 1 aromatic carbocycles. The molecule has 22 heavy (non-hydrogen) atoms. The van der Waals surface area contributed by atoms with E-state index in [2.05, 4.69) is 5.32 Å². The number of hydrogen-bond acceptors (Lipinski definition) is 3. The van der Waals surface area contributed by atoms with Crippen LogP contribution in [0.3, 0.4) is 0 Å². The second-order valence-corrected chi connectivity index (χ2v) is 4.87. The third-order valence-electron chi connectivity index (χ3n) is 3.41. The zero-order chi connectivity index (χ0) is 16.3. The minimum atomic E-state index is -4.89. The average Bonchev–Trinajstić information content (AvgIpc) is 2.97. The van der Waals surface area contributed by atoms with Crippen LogP contribution in [0.25, 0.3) is 0 Å². The normalized spacial score (nSPS) is 19.5. The summed E-state index contributed by atoms with van der Waals surface area (Å²) in [5, 5.41) is 11.3. The molecule has 0 spiro atoms. The first kappa shape index (κ1) is 16.2. The summed E-state index contributed by atoms with van der Waals surface area (Å²) in [5.74, 6) is -2.96.